The van der Waals surface area contributed by atoms with Crippen LogP contribution in [-0.4, -0.2) is 5.92 Å². The Labute approximate surface area is 90.3 Å². The number of benzene rings is 1. The fourth-order valence-corrected chi connectivity index (χ4v) is 1.44. The van der Waals surface area contributed by atoms with Gasteiger partial charge in [0, 0.05) is 12.8 Å². The minimum atomic E-state index is -2.57. The Morgan fingerprint density at radius 1 is 1.13 bits per heavy atom. The van der Waals surface area contributed by atoms with Crippen LogP contribution in [0.25, 0.3) is 0 Å². The van der Waals surface area contributed by atoms with E-state index in [9.17, 15) is 8.78 Å². The van der Waals surface area contributed by atoms with Crippen molar-refractivity contribution >= 4 is 0 Å². The van der Waals surface area contributed by atoms with E-state index in [-0.39, 0.29) is 12.8 Å². The lowest BCUT2D eigenvalue weighted by molar-refractivity contribution is -0.00219. The van der Waals surface area contributed by atoms with Crippen molar-refractivity contribution in [3.63, 3.8) is 0 Å². The molecule has 0 nitrogen and oxygen atoms in total. The number of rotatable bonds is 4. The summed E-state index contributed by atoms with van der Waals surface area (Å²) in [5, 5.41) is 0. The standard InChI is InChI=1S/C13H18F2/c1-4-13(14,15)9-11-5-7-12(8-6-11)10(2)3/h5-8,10H,4,9H2,1-3H3. The maximum atomic E-state index is 13.1. The molecule has 0 saturated heterocycles. The van der Waals surface area contributed by atoms with Crippen molar-refractivity contribution in [2.75, 3.05) is 0 Å². The molecular weight excluding hydrogens is 194 g/mol. The third kappa shape index (κ3) is 3.61. The second kappa shape index (κ2) is 4.73. The predicted octanol–water partition coefficient (Wildman–Crippen LogP) is 4.40. The third-order valence-corrected chi connectivity index (χ3v) is 2.63. The SMILES string of the molecule is CCC(F)(F)Cc1ccc(C(C)C)cc1. The molecule has 15 heavy (non-hydrogen) atoms. The fraction of sp³-hybridized carbons (Fsp3) is 0.538. The molecule has 1 aromatic rings. The van der Waals surface area contributed by atoms with E-state index in [2.05, 4.69) is 13.8 Å². The summed E-state index contributed by atoms with van der Waals surface area (Å²) in [6, 6.07) is 7.48. The molecule has 0 fully saturated rings. The second-order valence-corrected chi connectivity index (χ2v) is 4.28. The average molecular weight is 212 g/mol. The van der Waals surface area contributed by atoms with E-state index >= 15 is 0 Å². The Morgan fingerprint density at radius 3 is 2.07 bits per heavy atom. The first kappa shape index (κ1) is 12.2. The van der Waals surface area contributed by atoms with Gasteiger partial charge < -0.3 is 0 Å². The molecule has 0 aliphatic carbocycles. The highest BCUT2D eigenvalue weighted by molar-refractivity contribution is 5.25. The van der Waals surface area contributed by atoms with Gasteiger partial charge in [-0.25, -0.2) is 8.78 Å². The van der Waals surface area contributed by atoms with Gasteiger partial charge in [0.05, 0.1) is 0 Å². The number of hydrogen-bond donors (Lipinski definition) is 0. The zero-order valence-corrected chi connectivity index (χ0v) is 9.56. The first-order valence-electron chi connectivity index (χ1n) is 5.41. The van der Waals surface area contributed by atoms with Gasteiger partial charge in [-0.3, -0.25) is 0 Å². The van der Waals surface area contributed by atoms with Crippen LogP contribution >= 0.6 is 0 Å². The van der Waals surface area contributed by atoms with E-state index in [1.54, 1.807) is 12.1 Å². The van der Waals surface area contributed by atoms with E-state index in [1.807, 2.05) is 12.1 Å². The maximum Gasteiger partial charge on any atom is 0.251 e. The number of hydrogen-bond acceptors (Lipinski definition) is 0. The molecule has 84 valence electrons. The summed E-state index contributed by atoms with van der Waals surface area (Å²) in [5.74, 6) is -2.12. The zero-order chi connectivity index (χ0) is 11.5. The Morgan fingerprint density at radius 2 is 1.67 bits per heavy atom. The summed E-state index contributed by atoms with van der Waals surface area (Å²) < 4.78 is 26.2. The molecule has 0 unspecified atom stereocenters. The normalized spacial score (nSPS) is 12.1. The van der Waals surface area contributed by atoms with Crippen molar-refractivity contribution in [2.24, 2.45) is 0 Å². The molecule has 0 spiro atoms. The Kier molecular flexibility index (Phi) is 3.83. The lowest BCUT2D eigenvalue weighted by Crippen LogP contribution is -2.17. The minimum Gasteiger partial charge on any atom is -0.207 e. The van der Waals surface area contributed by atoms with Gasteiger partial charge in [-0.1, -0.05) is 45.0 Å². The van der Waals surface area contributed by atoms with Crippen LogP contribution in [0.4, 0.5) is 8.78 Å². The van der Waals surface area contributed by atoms with Crippen molar-refractivity contribution in [3.8, 4) is 0 Å². The van der Waals surface area contributed by atoms with Crippen LogP contribution in [0.5, 0.6) is 0 Å². The topological polar surface area (TPSA) is 0 Å². The van der Waals surface area contributed by atoms with Crippen molar-refractivity contribution in [1.29, 1.82) is 0 Å². The Balaban J connectivity index is 2.73. The smallest absolute Gasteiger partial charge is 0.207 e. The summed E-state index contributed by atoms with van der Waals surface area (Å²) in [6.07, 6.45) is -0.249. The lowest BCUT2D eigenvalue weighted by atomic mass is 9.99. The van der Waals surface area contributed by atoms with Crippen LogP contribution in [0, 0.1) is 0 Å². The maximum absolute atomic E-state index is 13.1. The molecule has 0 heterocycles. The molecule has 0 saturated carbocycles. The molecular formula is C13H18F2. The highest BCUT2D eigenvalue weighted by Gasteiger charge is 2.26. The molecule has 0 aliphatic heterocycles. The minimum absolute atomic E-state index is 0.0983. The third-order valence-electron chi connectivity index (χ3n) is 2.63. The first-order chi connectivity index (χ1) is 6.94. The van der Waals surface area contributed by atoms with Crippen molar-refractivity contribution < 1.29 is 8.78 Å². The van der Waals surface area contributed by atoms with Gasteiger partial charge in [0.1, 0.15) is 0 Å². The molecule has 0 N–H and O–H groups in total. The largest absolute Gasteiger partial charge is 0.251 e. The first-order valence-corrected chi connectivity index (χ1v) is 5.41. The van der Waals surface area contributed by atoms with Gasteiger partial charge in [-0.2, -0.15) is 0 Å². The van der Waals surface area contributed by atoms with Crippen molar-refractivity contribution in [2.45, 2.75) is 45.5 Å². The molecule has 1 rings (SSSR count). The van der Waals surface area contributed by atoms with Crippen LogP contribution in [0.1, 0.15) is 44.2 Å². The van der Waals surface area contributed by atoms with Crippen LogP contribution < -0.4 is 0 Å². The van der Waals surface area contributed by atoms with E-state index < -0.39 is 5.92 Å². The highest BCUT2D eigenvalue weighted by Crippen LogP contribution is 2.24. The van der Waals surface area contributed by atoms with E-state index in [0.717, 1.165) is 0 Å². The molecule has 2 heteroatoms. The lowest BCUT2D eigenvalue weighted by Gasteiger charge is -2.14. The van der Waals surface area contributed by atoms with E-state index in [4.69, 9.17) is 0 Å². The van der Waals surface area contributed by atoms with Crippen LogP contribution in [0.15, 0.2) is 24.3 Å². The Hall–Kier alpha value is -0.920. The molecule has 0 amide bonds. The summed E-state index contributed by atoms with van der Waals surface area (Å²) >= 11 is 0. The molecule has 0 bridgehead atoms. The van der Waals surface area contributed by atoms with Gasteiger partial charge in [0.25, 0.3) is 5.92 Å². The molecule has 0 aromatic heterocycles. The van der Waals surface area contributed by atoms with Gasteiger partial charge >= 0.3 is 0 Å². The summed E-state index contributed by atoms with van der Waals surface area (Å²) in [6.45, 7) is 5.70. The molecule has 0 aliphatic rings. The highest BCUT2D eigenvalue weighted by atomic mass is 19.3. The average Bonchev–Trinajstić information content (AvgIpc) is 2.18. The van der Waals surface area contributed by atoms with Gasteiger partial charge in [-0.15, -0.1) is 0 Å². The molecule has 1 aromatic carbocycles. The monoisotopic (exact) mass is 212 g/mol. The summed E-state index contributed by atoms with van der Waals surface area (Å²) in [5.41, 5.74) is 1.91. The van der Waals surface area contributed by atoms with Gasteiger partial charge in [-0.05, 0) is 17.0 Å². The van der Waals surface area contributed by atoms with Crippen LogP contribution in [0.2, 0.25) is 0 Å². The van der Waals surface area contributed by atoms with E-state index in [1.165, 1.54) is 12.5 Å². The predicted molar refractivity (Wildman–Crippen MR) is 59.5 cm³/mol. The zero-order valence-electron chi connectivity index (χ0n) is 9.56. The quantitative estimate of drug-likeness (QED) is 0.694. The number of alkyl halides is 2. The van der Waals surface area contributed by atoms with Gasteiger partial charge in [0.15, 0.2) is 0 Å². The van der Waals surface area contributed by atoms with Crippen molar-refractivity contribution in [3.05, 3.63) is 35.4 Å². The second-order valence-electron chi connectivity index (χ2n) is 4.28. The fourth-order valence-electron chi connectivity index (χ4n) is 1.44. The summed E-state index contributed by atoms with van der Waals surface area (Å²) in [4.78, 5) is 0. The summed E-state index contributed by atoms with van der Waals surface area (Å²) in [7, 11) is 0. The molecule has 0 atom stereocenters. The Bertz CT molecular complexity index is 299. The van der Waals surface area contributed by atoms with Gasteiger partial charge in [0.2, 0.25) is 0 Å². The van der Waals surface area contributed by atoms with E-state index in [0.29, 0.717) is 11.5 Å². The van der Waals surface area contributed by atoms with Crippen LogP contribution in [-0.2, 0) is 6.42 Å². The van der Waals surface area contributed by atoms with Crippen molar-refractivity contribution in [1.82, 2.24) is 0 Å². The molecule has 0 radical (unpaired) electrons. The number of halogens is 2. The van der Waals surface area contributed by atoms with Crippen LogP contribution in [0.3, 0.4) is 0 Å².